The van der Waals surface area contributed by atoms with Gasteiger partial charge in [-0.1, -0.05) is 12.1 Å². The fraction of sp³-hybridized carbons (Fsp3) is 0.250. The summed E-state index contributed by atoms with van der Waals surface area (Å²) >= 11 is 2.06. The molecule has 1 aromatic rings. The first-order valence-electron chi connectivity index (χ1n) is 5.51. The molecule has 0 atom stereocenters. The molecule has 6 heteroatoms. The van der Waals surface area contributed by atoms with E-state index in [1.807, 2.05) is 12.1 Å². The lowest BCUT2D eigenvalue weighted by Crippen LogP contribution is -2.59. The summed E-state index contributed by atoms with van der Waals surface area (Å²) in [5.41, 5.74) is -0.466. The van der Waals surface area contributed by atoms with Crippen molar-refractivity contribution in [3.8, 4) is 0 Å². The summed E-state index contributed by atoms with van der Waals surface area (Å²) in [5, 5.41) is 2.26. The number of imide groups is 2. The van der Waals surface area contributed by atoms with Crippen molar-refractivity contribution < 1.29 is 14.4 Å². The number of carbonyl (C=O) groups is 3. The fourth-order valence-electron chi connectivity index (χ4n) is 2.09. The first-order chi connectivity index (χ1) is 8.56. The molecule has 2 fully saturated rings. The van der Waals surface area contributed by atoms with E-state index in [1.165, 1.54) is 0 Å². The van der Waals surface area contributed by atoms with Crippen LogP contribution in [-0.4, -0.2) is 17.8 Å². The molecule has 1 N–H and O–H groups in total. The third-order valence-corrected chi connectivity index (χ3v) is 4.23. The number of barbiturate groups is 1. The summed E-state index contributed by atoms with van der Waals surface area (Å²) < 4.78 is 0.795. The van der Waals surface area contributed by atoms with Gasteiger partial charge in [-0.15, -0.1) is 0 Å². The van der Waals surface area contributed by atoms with Crippen LogP contribution >= 0.6 is 22.6 Å². The van der Waals surface area contributed by atoms with E-state index in [1.54, 1.807) is 12.1 Å². The second-order valence-corrected chi connectivity index (χ2v) is 5.60. The van der Waals surface area contributed by atoms with E-state index >= 15 is 0 Å². The number of carbonyl (C=O) groups excluding carboxylic acids is 3. The van der Waals surface area contributed by atoms with Crippen molar-refractivity contribution in [2.75, 3.05) is 4.90 Å². The highest BCUT2D eigenvalue weighted by Gasteiger charge is 2.62. The van der Waals surface area contributed by atoms with Crippen molar-refractivity contribution in [1.82, 2.24) is 5.32 Å². The van der Waals surface area contributed by atoms with E-state index in [9.17, 15) is 14.4 Å². The summed E-state index contributed by atoms with van der Waals surface area (Å²) in [7, 11) is 0. The van der Waals surface area contributed by atoms with Gasteiger partial charge in [0.25, 0.3) is 5.91 Å². The Morgan fingerprint density at radius 1 is 1.17 bits per heavy atom. The SMILES string of the molecule is O=C1NC(=O)C2(CC2)C(=O)N1c1ccccc1I. The Labute approximate surface area is 117 Å². The van der Waals surface area contributed by atoms with E-state index < -0.39 is 23.3 Å². The number of amides is 4. The molecule has 3 rings (SSSR count). The third kappa shape index (κ3) is 1.48. The second-order valence-electron chi connectivity index (χ2n) is 4.43. The molecule has 1 aromatic carbocycles. The average Bonchev–Trinajstić information content (AvgIpc) is 3.11. The Kier molecular flexibility index (Phi) is 2.44. The second kappa shape index (κ2) is 3.78. The van der Waals surface area contributed by atoms with Crippen LogP contribution in [0.5, 0.6) is 0 Å². The van der Waals surface area contributed by atoms with E-state index in [0.717, 1.165) is 8.47 Å². The van der Waals surface area contributed by atoms with Crippen molar-refractivity contribution in [3.63, 3.8) is 0 Å². The maximum atomic E-state index is 12.3. The van der Waals surface area contributed by atoms with Crippen LogP contribution in [0.3, 0.4) is 0 Å². The van der Waals surface area contributed by atoms with Gasteiger partial charge in [-0.25, -0.2) is 9.69 Å². The highest BCUT2D eigenvalue weighted by Crippen LogP contribution is 2.49. The Hall–Kier alpha value is -1.44. The van der Waals surface area contributed by atoms with Gasteiger partial charge in [-0.05, 0) is 47.6 Å². The molecule has 1 spiro atoms. The molecule has 1 aliphatic carbocycles. The number of nitrogens with one attached hydrogen (secondary N) is 1. The number of urea groups is 1. The first kappa shape index (κ1) is 11.6. The largest absolute Gasteiger partial charge is 0.335 e. The van der Waals surface area contributed by atoms with Gasteiger partial charge in [0, 0.05) is 3.57 Å². The molecular formula is C12H9IN2O3. The van der Waals surface area contributed by atoms with E-state index in [4.69, 9.17) is 0 Å². The molecule has 0 unspecified atom stereocenters. The number of benzene rings is 1. The Bertz CT molecular complexity index is 580. The minimum atomic E-state index is -0.993. The van der Waals surface area contributed by atoms with Gasteiger partial charge < -0.3 is 0 Å². The molecule has 1 heterocycles. The predicted octanol–water partition coefficient (Wildman–Crippen LogP) is 1.65. The first-order valence-corrected chi connectivity index (χ1v) is 6.59. The average molecular weight is 356 g/mol. The Balaban J connectivity index is 2.06. The van der Waals surface area contributed by atoms with Crippen LogP contribution in [0.4, 0.5) is 10.5 Å². The third-order valence-electron chi connectivity index (χ3n) is 3.31. The van der Waals surface area contributed by atoms with Crippen LogP contribution in [0.15, 0.2) is 24.3 Å². The smallest absolute Gasteiger partial charge is 0.276 e. The molecule has 0 bridgehead atoms. The number of anilines is 1. The number of halogens is 1. The molecule has 2 aliphatic rings. The van der Waals surface area contributed by atoms with Gasteiger partial charge in [0.1, 0.15) is 5.41 Å². The summed E-state index contributed by atoms with van der Waals surface area (Å²) in [6.45, 7) is 0. The molecule has 1 saturated heterocycles. The minimum absolute atomic E-state index is 0.402. The van der Waals surface area contributed by atoms with Crippen LogP contribution in [0.1, 0.15) is 12.8 Å². The molecule has 4 amide bonds. The number of rotatable bonds is 1. The number of para-hydroxylation sites is 1. The zero-order valence-corrected chi connectivity index (χ0v) is 11.4. The molecule has 92 valence electrons. The fourth-order valence-corrected chi connectivity index (χ4v) is 2.72. The lowest BCUT2D eigenvalue weighted by Gasteiger charge is -2.30. The lowest BCUT2D eigenvalue weighted by molar-refractivity contribution is -0.136. The van der Waals surface area contributed by atoms with E-state index in [-0.39, 0.29) is 0 Å². The molecule has 1 aliphatic heterocycles. The van der Waals surface area contributed by atoms with Crippen LogP contribution in [-0.2, 0) is 9.59 Å². The highest BCUT2D eigenvalue weighted by molar-refractivity contribution is 14.1. The van der Waals surface area contributed by atoms with Gasteiger partial charge in [0.15, 0.2) is 0 Å². The van der Waals surface area contributed by atoms with Crippen molar-refractivity contribution in [2.24, 2.45) is 5.41 Å². The van der Waals surface area contributed by atoms with Gasteiger partial charge in [0.05, 0.1) is 5.69 Å². The number of hydrogen-bond acceptors (Lipinski definition) is 3. The van der Waals surface area contributed by atoms with Crippen molar-refractivity contribution in [1.29, 1.82) is 0 Å². The van der Waals surface area contributed by atoms with Gasteiger partial charge >= 0.3 is 6.03 Å². The van der Waals surface area contributed by atoms with E-state index in [0.29, 0.717) is 18.5 Å². The van der Waals surface area contributed by atoms with Gasteiger partial charge in [-0.2, -0.15) is 0 Å². The summed E-state index contributed by atoms with van der Waals surface area (Å²) in [6, 6.07) is 6.44. The van der Waals surface area contributed by atoms with Crippen LogP contribution in [0, 0.1) is 8.99 Å². The zero-order chi connectivity index (χ0) is 12.9. The highest BCUT2D eigenvalue weighted by atomic mass is 127. The molecular weight excluding hydrogens is 347 g/mol. The molecule has 1 saturated carbocycles. The molecule has 5 nitrogen and oxygen atoms in total. The number of nitrogens with zero attached hydrogens (tertiary/aromatic N) is 1. The van der Waals surface area contributed by atoms with Crippen molar-refractivity contribution in [2.45, 2.75) is 12.8 Å². The topological polar surface area (TPSA) is 66.5 Å². The van der Waals surface area contributed by atoms with Gasteiger partial charge in [0.2, 0.25) is 5.91 Å². The Morgan fingerprint density at radius 3 is 2.44 bits per heavy atom. The summed E-state index contributed by atoms with van der Waals surface area (Å²) in [5.74, 6) is -0.861. The maximum absolute atomic E-state index is 12.3. The molecule has 18 heavy (non-hydrogen) atoms. The molecule has 0 radical (unpaired) electrons. The van der Waals surface area contributed by atoms with Crippen LogP contribution in [0.2, 0.25) is 0 Å². The normalized spacial score (nSPS) is 21.2. The number of hydrogen-bond donors (Lipinski definition) is 1. The minimum Gasteiger partial charge on any atom is -0.276 e. The van der Waals surface area contributed by atoms with Crippen molar-refractivity contribution in [3.05, 3.63) is 27.8 Å². The predicted molar refractivity (Wildman–Crippen MR) is 71.9 cm³/mol. The van der Waals surface area contributed by atoms with Crippen LogP contribution < -0.4 is 10.2 Å². The van der Waals surface area contributed by atoms with E-state index in [2.05, 4.69) is 27.9 Å². The van der Waals surface area contributed by atoms with Crippen LogP contribution in [0.25, 0.3) is 0 Å². The standard InChI is InChI=1S/C12H9IN2O3/c13-7-3-1-2-4-8(7)15-10(17)12(5-6-12)9(16)14-11(15)18/h1-4H,5-6H2,(H,14,16,18). The van der Waals surface area contributed by atoms with Crippen molar-refractivity contribution >= 4 is 46.1 Å². The zero-order valence-electron chi connectivity index (χ0n) is 9.27. The quantitative estimate of drug-likeness (QED) is 0.615. The summed E-state index contributed by atoms with van der Waals surface area (Å²) in [6.07, 6.45) is 1.04. The lowest BCUT2D eigenvalue weighted by atomic mass is 10.0. The maximum Gasteiger partial charge on any atom is 0.335 e. The molecule has 0 aromatic heterocycles. The summed E-state index contributed by atoms with van der Waals surface area (Å²) in [4.78, 5) is 36.9. The van der Waals surface area contributed by atoms with Gasteiger partial charge in [-0.3, -0.25) is 14.9 Å². The Morgan fingerprint density at radius 2 is 1.83 bits per heavy atom. The monoisotopic (exact) mass is 356 g/mol.